The highest BCUT2D eigenvalue weighted by Gasteiger charge is 2.21. The molecule has 0 aliphatic heterocycles. The first-order valence-corrected chi connectivity index (χ1v) is 10.1. The Kier molecular flexibility index (Phi) is 6.81. The van der Waals surface area contributed by atoms with E-state index in [4.69, 9.17) is 28.6 Å². The van der Waals surface area contributed by atoms with Gasteiger partial charge in [-0.3, -0.25) is 0 Å². The van der Waals surface area contributed by atoms with Gasteiger partial charge in [-0.1, -0.05) is 72.8 Å². The summed E-state index contributed by atoms with van der Waals surface area (Å²) in [5.74, 6) is 0.366. The van der Waals surface area contributed by atoms with E-state index in [1.54, 1.807) is 18.2 Å². The summed E-state index contributed by atoms with van der Waals surface area (Å²) in [6.45, 7) is 0. The minimum Gasteiger partial charge on any atom is -0.510 e. The molecule has 27 heavy (non-hydrogen) atoms. The van der Waals surface area contributed by atoms with Gasteiger partial charge in [0.15, 0.2) is 0 Å². The van der Waals surface area contributed by atoms with Crippen LogP contribution in [0.1, 0.15) is 43.7 Å². The van der Waals surface area contributed by atoms with E-state index < -0.39 is 6.04 Å². The van der Waals surface area contributed by atoms with Crippen LogP contribution in [0.4, 0.5) is 5.69 Å². The third-order valence-corrected chi connectivity index (χ3v) is 5.75. The molecular weight excluding hydrogens is 379 g/mol. The summed E-state index contributed by atoms with van der Waals surface area (Å²) >= 11 is 12.1. The second kappa shape index (κ2) is 9.29. The number of nitrogens with one attached hydrogen (secondary N) is 2. The Bertz CT molecular complexity index is 814. The molecule has 0 bridgehead atoms. The van der Waals surface area contributed by atoms with Crippen LogP contribution in [0.25, 0.3) is 0 Å². The molecule has 0 spiro atoms. The van der Waals surface area contributed by atoms with Gasteiger partial charge < -0.3 is 15.8 Å². The number of anilines is 1. The molecule has 1 atom stereocenters. The molecule has 5 heteroatoms. The summed E-state index contributed by atoms with van der Waals surface area (Å²) in [6.07, 6.45) is 7.22. The van der Waals surface area contributed by atoms with Crippen LogP contribution in [0.15, 0.2) is 60.4 Å². The van der Waals surface area contributed by atoms with Gasteiger partial charge in [0, 0.05) is 17.3 Å². The van der Waals surface area contributed by atoms with E-state index in [9.17, 15) is 5.11 Å². The average molecular weight is 403 g/mol. The quantitative estimate of drug-likeness (QED) is 0.353. The number of allylic oxidation sites excluding steroid dienone is 1. The van der Waals surface area contributed by atoms with E-state index >= 15 is 0 Å². The Balaban J connectivity index is 1.85. The SMILES string of the molecule is N=C(/C=C(\O)C(Nc1ccc(Cl)c(Cl)c1)c1ccccc1)C1CCCCC1. The van der Waals surface area contributed by atoms with E-state index in [-0.39, 0.29) is 11.7 Å². The van der Waals surface area contributed by atoms with Crippen LogP contribution in [0, 0.1) is 11.3 Å². The van der Waals surface area contributed by atoms with Crippen LogP contribution >= 0.6 is 23.2 Å². The van der Waals surface area contributed by atoms with Crippen LogP contribution in [0.3, 0.4) is 0 Å². The van der Waals surface area contributed by atoms with Gasteiger partial charge >= 0.3 is 0 Å². The van der Waals surface area contributed by atoms with Crippen molar-refractivity contribution in [3.05, 3.63) is 76.0 Å². The zero-order chi connectivity index (χ0) is 19.2. The predicted octanol–water partition coefficient (Wildman–Crippen LogP) is 7.19. The molecule has 1 saturated carbocycles. The van der Waals surface area contributed by atoms with Crippen LogP contribution in [-0.4, -0.2) is 10.8 Å². The molecule has 0 aromatic heterocycles. The smallest absolute Gasteiger partial charge is 0.121 e. The summed E-state index contributed by atoms with van der Waals surface area (Å²) in [4.78, 5) is 0. The Morgan fingerprint density at radius 3 is 2.41 bits per heavy atom. The number of hydrogen-bond acceptors (Lipinski definition) is 3. The van der Waals surface area contributed by atoms with Crippen molar-refractivity contribution in [1.29, 1.82) is 5.41 Å². The van der Waals surface area contributed by atoms with Gasteiger partial charge in [0.25, 0.3) is 0 Å². The van der Waals surface area contributed by atoms with Crippen LogP contribution < -0.4 is 5.32 Å². The van der Waals surface area contributed by atoms with E-state index in [2.05, 4.69) is 5.32 Å². The lowest BCUT2D eigenvalue weighted by atomic mass is 9.85. The first-order valence-electron chi connectivity index (χ1n) is 9.30. The highest BCUT2D eigenvalue weighted by Crippen LogP contribution is 2.31. The molecule has 1 aliphatic rings. The van der Waals surface area contributed by atoms with Crippen molar-refractivity contribution < 1.29 is 5.11 Å². The number of benzene rings is 2. The lowest BCUT2D eigenvalue weighted by Gasteiger charge is -2.23. The van der Waals surface area contributed by atoms with Gasteiger partial charge in [-0.15, -0.1) is 0 Å². The van der Waals surface area contributed by atoms with E-state index in [0.29, 0.717) is 15.8 Å². The number of halogens is 2. The molecule has 142 valence electrons. The summed E-state index contributed by atoms with van der Waals surface area (Å²) in [5, 5.41) is 23.5. The maximum absolute atomic E-state index is 10.8. The molecule has 0 radical (unpaired) electrons. The van der Waals surface area contributed by atoms with E-state index in [0.717, 1.165) is 36.9 Å². The Hall–Kier alpha value is -1.97. The average Bonchev–Trinajstić information content (AvgIpc) is 2.70. The minimum atomic E-state index is -0.465. The third kappa shape index (κ3) is 5.27. The standard InChI is InChI=1S/C22H24Cl2N2O/c23-18-12-11-17(13-19(18)24)26-22(16-9-5-2-6-10-16)21(27)14-20(25)15-7-3-1-4-8-15/h2,5-6,9-15,22,25-27H,1,3-4,7-8H2/b21-14-,25-20?. The fourth-order valence-electron chi connectivity index (χ4n) is 3.50. The van der Waals surface area contributed by atoms with Gasteiger partial charge in [0.05, 0.1) is 10.0 Å². The first kappa shape index (κ1) is 19.8. The number of aliphatic hydroxyl groups excluding tert-OH is 1. The number of aliphatic hydroxyl groups is 1. The highest BCUT2D eigenvalue weighted by atomic mass is 35.5. The zero-order valence-corrected chi connectivity index (χ0v) is 16.6. The molecule has 1 unspecified atom stereocenters. The first-order chi connectivity index (χ1) is 13.0. The van der Waals surface area contributed by atoms with Gasteiger partial charge in [-0.25, -0.2) is 0 Å². The minimum absolute atomic E-state index is 0.128. The number of rotatable bonds is 6. The summed E-state index contributed by atoms with van der Waals surface area (Å²) in [5.41, 5.74) is 2.17. The molecule has 1 fully saturated rings. The molecule has 3 nitrogen and oxygen atoms in total. The molecule has 3 N–H and O–H groups in total. The maximum Gasteiger partial charge on any atom is 0.121 e. The zero-order valence-electron chi connectivity index (χ0n) is 15.1. The normalized spacial score (nSPS) is 16.7. The molecule has 0 amide bonds. The van der Waals surface area contributed by atoms with Crippen LogP contribution in [-0.2, 0) is 0 Å². The summed E-state index contributed by atoms with van der Waals surface area (Å²) in [6, 6.07) is 14.5. The Labute approximate surface area is 170 Å². The largest absolute Gasteiger partial charge is 0.510 e. The van der Waals surface area contributed by atoms with Gasteiger partial charge in [-0.05, 0) is 42.7 Å². The van der Waals surface area contributed by atoms with Crippen molar-refractivity contribution in [2.24, 2.45) is 5.92 Å². The predicted molar refractivity (Wildman–Crippen MR) is 114 cm³/mol. The topological polar surface area (TPSA) is 56.1 Å². The molecular formula is C22H24Cl2N2O. The van der Waals surface area contributed by atoms with Gasteiger partial charge in [0.2, 0.25) is 0 Å². The monoisotopic (exact) mass is 402 g/mol. The van der Waals surface area contributed by atoms with Crippen molar-refractivity contribution in [3.63, 3.8) is 0 Å². The second-order valence-electron chi connectivity index (χ2n) is 6.98. The Morgan fingerprint density at radius 2 is 1.74 bits per heavy atom. The van der Waals surface area contributed by atoms with Crippen LogP contribution in [0.2, 0.25) is 10.0 Å². The highest BCUT2D eigenvalue weighted by molar-refractivity contribution is 6.42. The van der Waals surface area contributed by atoms with Crippen molar-refractivity contribution in [2.75, 3.05) is 5.32 Å². The second-order valence-corrected chi connectivity index (χ2v) is 7.79. The van der Waals surface area contributed by atoms with Crippen LogP contribution in [0.5, 0.6) is 0 Å². The van der Waals surface area contributed by atoms with E-state index in [1.807, 2.05) is 36.4 Å². The molecule has 0 heterocycles. The van der Waals surface area contributed by atoms with Crippen molar-refractivity contribution >= 4 is 34.6 Å². The van der Waals surface area contributed by atoms with Crippen molar-refractivity contribution in [3.8, 4) is 0 Å². The molecule has 3 rings (SSSR count). The lowest BCUT2D eigenvalue weighted by molar-refractivity contribution is 0.377. The van der Waals surface area contributed by atoms with Gasteiger partial charge in [-0.2, -0.15) is 0 Å². The fraction of sp³-hybridized carbons (Fsp3) is 0.318. The molecule has 1 aliphatic carbocycles. The fourth-order valence-corrected chi connectivity index (χ4v) is 3.80. The maximum atomic E-state index is 10.8. The third-order valence-electron chi connectivity index (χ3n) is 5.01. The van der Waals surface area contributed by atoms with Crippen molar-refractivity contribution in [1.82, 2.24) is 0 Å². The van der Waals surface area contributed by atoms with Crippen molar-refractivity contribution in [2.45, 2.75) is 38.1 Å². The van der Waals surface area contributed by atoms with E-state index in [1.165, 1.54) is 6.42 Å². The molecule has 2 aromatic rings. The van der Waals surface area contributed by atoms with Gasteiger partial charge in [0.1, 0.15) is 11.8 Å². The summed E-state index contributed by atoms with van der Waals surface area (Å²) < 4.78 is 0. The lowest BCUT2D eigenvalue weighted by Crippen LogP contribution is -2.18. The number of hydrogen-bond donors (Lipinski definition) is 3. The molecule has 2 aromatic carbocycles. The Morgan fingerprint density at radius 1 is 1.04 bits per heavy atom. The summed E-state index contributed by atoms with van der Waals surface area (Å²) in [7, 11) is 0. The molecule has 0 saturated heterocycles.